The number of likely N-dealkylation sites (N-methyl/N-ethyl adjacent to an activating group) is 1. The highest BCUT2D eigenvalue weighted by molar-refractivity contribution is 8.00. The van der Waals surface area contributed by atoms with Gasteiger partial charge >= 0.3 is 0 Å². The predicted octanol–water partition coefficient (Wildman–Crippen LogP) is 2.35. The fourth-order valence-electron chi connectivity index (χ4n) is 2.27. The van der Waals surface area contributed by atoms with Crippen molar-refractivity contribution in [1.82, 2.24) is 14.8 Å². The Morgan fingerprint density at radius 1 is 1.45 bits per heavy atom. The maximum Gasteiger partial charge on any atom is 0.242 e. The maximum atomic E-state index is 12.4. The predicted molar refractivity (Wildman–Crippen MR) is 89.8 cm³/mol. The third-order valence-electron chi connectivity index (χ3n) is 3.79. The monoisotopic (exact) mass is 335 g/mol. The summed E-state index contributed by atoms with van der Waals surface area (Å²) in [5, 5.41) is 0.916. The zero-order valence-electron chi connectivity index (χ0n) is 12.5. The Balaban J connectivity index is 1.71. The van der Waals surface area contributed by atoms with Crippen molar-refractivity contribution in [2.24, 2.45) is 0 Å². The number of amides is 2. The van der Waals surface area contributed by atoms with Crippen LogP contribution in [0.3, 0.4) is 0 Å². The number of rotatable bonds is 4. The molecule has 3 rings (SSSR count). The number of fused-ring (bicyclic) bond motifs is 1. The number of benzene rings is 1. The molecule has 2 heterocycles. The van der Waals surface area contributed by atoms with Crippen LogP contribution in [0.5, 0.6) is 0 Å². The van der Waals surface area contributed by atoms with E-state index in [1.165, 1.54) is 0 Å². The van der Waals surface area contributed by atoms with Crippen molar-refractivity contribution in [1.29, 1.82) is 0 Å². The SMILES string of the molecule is C[C@@H](c1nc2ccccc2s1)N(C)C(=O)CN1CSCC1=O. The summed E-state index contributed by atoms with van der Waals surface area (Å²) in [5.74, 6) is 1.07. The molecular weight excluding hydrogens is 318 g/mol. The van der Waals surface area contributed by atoms with Gasteiger partial charge in [-0.2, -0.15) is 0 Å². The number of hydrogen-bond donors (Lipinski definition) is 0. The summed E-state index contributed by atoms with van der Waals surface area (Å²) in [6.45, 7) is 2.12. The topological polar surface area (TPSA) is 53.5 Å². The third-order valence-corrected chi connectivity index (χ3v) is 5.95. The summed E-state index contributed by atoms with van der Waals surface area (Å²) in [6, 6.07) is 7.85. The number of thioether (sulfide) groups is 1. The molecule has 1 atom stereocenters. The van der Waals surface area contributed by atoms with E-state index in [0.717, 1.165) is 15.2 Å². The van der Waals surface area contributed by atoms with Crippen LogP contribution < -0.4 is 0 Å². The molecule has 0 unspecified atom stereocenters. The molecule has 5 nitrogen and oxygen atoms in total. The van der Waals surface area contributed by atoms with Crippen LogP contribution >= 0.6 is 23.1 Å². The summed E-state index contributed by atoms with van der Waals surface area (Å²) in [6.07, 6.45) is 0. The van der Waals surface area contributed by atoms with Crippen molar-refractivity contribution in [3.05, 3.63) is 29.3 Å². The first-order chi connectivity index (χ1) is 10.6. The number of carbonyl (C=O) groups is 2. The molecule has 1 aromatic heterocycles. The second kappa shape index (κ2) is 6.26. The number of hydrogen-bond acceptors (Lipinski definition) is 5. The van der Waals surface area contributed by atoms with Gasteiger partial charge in [-0.05, 0) is 19.1 Å². The standard InChI is InChI=1S/C15H17N3O2S2/c1-10(15-16-11-5-3-4-6-12(11)22-15)17(2)13(19)7-18-9-21-8-14(18)20/h3-6,10H,7-9H2,1-2H3/t10-/m0/s1. The minimum absolute atomic E-state index is 0.0411. The molecule has 1 fully saturated rings. The van der Waals surface area contributed by atoms with Gasteiger partial charge < -0.3 is 9.80 Å². The zero-order chi connectivity index (χ0) is 15.7. The van der Waals surface area contributed by atoms with E-state index in [9.17, 15) is 9.59 Å². The number of carbonyl (C=O) groups excluding carboxylic acids is 2. The van der Waals surface area contributed by atoms with Crippen molar-refractivity contribution < 1.29 is 9.59 Å². The molecule has 0 spiro atoms. The van der Waals surface area contributed by atoms with Gasteiger partial charge in [0, 0.05) is 7.05 Å². The van der Waals surface area contributed by atoms with Gasteiger partial charge in [0.25, 0.3) is 0 Å². The average Bonchev–Trinajstić information content (AvgIpc) is 3.12. The normalized spacial score (nSPS) is 16.3. The molecule has 0 radical (unpaired) electrons. The molecular formula is C15H17N3O2S2. The van der Waals surface area contributed by atoms with Crippen LogP contribution in [0.2, 0.25) is 0 Å². The van der Waals surface area contributed by atoms with Crippen LogP contribution in [0.4, 0.5) is 0 Å². The van der Waals surface area contributed by atoms with Crippen LogP contribution in [0, 0.1) is 0 Å². The Morgan fingerprint density at radius 2 is 2.23 bits per heavy atom. The number of para-hydroxylation sites is 1. The van der Waals surface area contributed by atoms with Crippen LogP contribution in [0.1, 0.15) is 18.0 Å². The van der Waals surface area contributed by atoms with E-state index in [4.69, 9.17) is 0 Å². The van der Waals surface area contributed by atoms with Crippen molar-refractivity contribution in [3.63, 3.8) is 0 Å². The van der Waals surface area contributed by atoms with E-state index in [0.29, 0.717) is 11.6 Å². The van der Waals surface area contributed by atoms with E-state index >= 15 is 0 Å². The van der Waals surface area contributed by atoms with Gasteiger partial charge in [-0.3, -0.25) is 9.59 Å². The van der Waals surface area contributed by atoms with E-state index in [1.807, 2.05) is 31.2 Å². The average molecular weight is 335 g/mol. The molecule has 0 bridgehead atoms. The van der Waals surface area contributed by atoms with E-state index in [-0.39, 0.29) is 24.4 Å². The van der Waals surface area contributed by atoms with Gasteiger partial charge in [-0.15, -0.1) is 23.1 Å². The Kier molecular flexibility index (Phi) is 4.35. The first kappa shape index (κ1) is 15.3. The molecule has 0 aliphatic carbocycles. The Labute approximate surface area is 137 Å². The molecule has 1 aromatic carbocycles. The fraction of sp³-hybridized carbons (Fsp3) is 0.400. The van der Waals surface area contributed by atoms with Crippen LogP contribution in [-0.2, 0) is 9.59 Å². The summed E-state index contributed by atoms with van der Waals surface area (Å²) in [7, 11) is 1.77. The van der Waals surface area contributed by atoms with Crippen molar-refractivity contribution in [2.45, 2.75) is 13.0 Å². The minimum Gasteiger partial charge on any atom is -0.335 e. The molecule has 116 valence electrons. The van der Waals surface area contributed by atoms with Crippen LogP contribution in [-0.4, -0.2) is 51.8 Å². The number of nitrogens with zero attached hydrogens (tertiary/aromatic N) is 3. The summed E-state index contributed by atoms with van der Waals surface area (Å²) >= 11 is 3.15. The summed E-state index contributed by atoms with van der Waals surface area (Å²) in [4.78, 5) is 31.9. The molecule has 2 aromatic rings. The number of aromatic nitrogens is 1. The molecule has 1 saturated heterocycles. The second-order valence-electron chi connectivity index (χ2n) is 5.27. The van der Waals surface area contributed by atoms with Gasteiger partial charge in [0.1, 0.15) is 11.6 Å². The third kappa shape index (κ3) is 2.96. The van der Waals surface area contributed by atoms with E-state index < -0.39 is 0 Å². The molecule has 0 N–H and O–H groups in total. The van der Waals surface area contributed by atoms with Gasteiger partial charge in [-0.1, -0.05) is 12.1 Å². The molecule has 2 amide bonds. The van der Waals surface area contributed by atoms with Gasteiger partial charge in [-0.25, -0.2) is 4.98 Å². The Morgan fingerprint density at radius 3 is 2.91 bits per heavy atom. The van der Waals surface area contributed by atoms with E-state index in [1.54, 1.807) is 39.9 Å². The lowest BCUT2D eigenvalue weighted by atomic mass is 10.3. The highest BCUT2D eigenvalue weighted by atomic mass is 32.2. The van der Waals surface area contributed by atoms with Crippen molar-refractivity contribution in [3.8, 4) is 0 Å². The smallest absolute Gasteiger partial charge is 0.242 e. The first-order valence-electron chi connectivity index (χ1n) is 7.03. The summed E-state index contributed by atoms with van der Waals surface area (Å²) < 4.78 is 1.12. The Bertz CT molecular complexity index is 683. The zero-order valence-corrected chi connectivity index (χ0v) is 14.1. The fourth-order valence-corrected chi connectivity index (χ4v) is 4.23. The highest BCUT2D eigenvalue weighted by Gasteiger charge is 2.27. The lowest BCUT2D eigenvalue weighted by molar-refractivity contribution is -0.138. The molecule has 0 saturated carbocycles. The van der Waals surface area contributed by atoms with Gasteiger partial charge in [0.2, 0.25) is 11.8 Å². The van der Waals surface area contributed by atoms with Gasteiger partial charge in [0.15, 0.2) is 0 Å². The van der Waals surface area contributed by atoms with Crippen LogP contribution in [0.25, 0.3) is 10.2 Å². The highest BCUT2D eigenvalue weighted by Crippen LogP contribution is 2.29. The summed E-state index contributed by atoms with van der Waals surface area (Å²) in [5.41, 5.74) is 0.960. The van der Waals surface area contributed by atoms with Crippen LogP contribution in [0.15, 0.2) is 24.3 Å². The van der Waals surface area contributed by atoms with Crippen molar-refractivity contribution >= 4 is 45.1 Å². The molecule has 1 aliphatic heterocycles. The lowest BCUT2D eigenvalue weighted by Crippen LogP contribution is -2.40. The minimum atomic E-state index is -0.102. The van der Waals surface area contributed by atoms with Crippen molar-refractivity contribution in [2.75, 3.05) is 25.2 Å². The largest absolute Gasteiger partial charge is 0.335 e. The number of thiazole rings is 1. The molecule has 22 heavy (non-hydrogen) atoms. The maximum absolute atomic E-state index is 12.4. The van der Waals surface area contributed by atoms with E-state index in [2.05, 4.69) is 4.98 Å². The first-order valence-corrected chi connectivity index (χ1v) is 9.00. The Hall–Kier alpha value is -1.60. The molecule has 7 heteroatoms. The lowest BCUT2D eigenvalue weighted by Gasteiger charge is -2.25. The quantitative estimate of drug-likeness (QED) is 0.861. The van der Waals surface area contributed by atoms with Gasteiger partial charge in [0.05, 0.1) is 27.9 Å². The molecule has 1 aliphatic rings. The second-order valence-corrected chi connectivity index (χ2v) is 7.29.